The fourth-order valence-electron chi connectivity index (χ4n) is 5.67. The van der Waals surface area contributed by atoms with E-state index < -0.39 is 10.0 Å². The number of rotatable bonds is 7. The Hall–Kier alpha value is -2.95. The first kappa shape index (κ1) is 24.4. The molecule has 10 heteroatoms. The minimum atomic E-state index is -3.44. The molecule has 2 aromatic heterocycles. The van der Waals surface area contributed by atoms with Crippen molar-refractivity contribution in [2.75, 3.05) is 23.7 Å². The number of nitrogens with zero attached hydrogens (tertiary/aromatic N) is 4. The first-order chi connectivity index (χ1) is 18.0. The average molecular weight is 522 g/mol. The molecular formula is C27H35N7O2S. The Morgan fingerprint density at radius 3 is 2.46 bits per heavy atom. The lowest BCUT2D eigenvalue weighted by molar-refractivity contribution is 0.410. The second-order valence-electron chi connectivity index (χ2n) is 10.5. The molecule has 2 aliphatic carbocycles. The number of aromatic nitrogens is 3. The van der Waals surface area contributed by atoms with Crippen molar-refractivity contribution in [2.45, 2.75) is 74.8 Å². The number of nitrogens with one attached hydrogen (secondary N) is 2. The Morgan fingerprint density at radius 1 is 1.00 bits per heavy atom. The summed E-state index contributed by atoms with van der Waals surface area (Å²) in [6.07, 6.45) is 13.4. The van der Waals surface area contributed by atoms with Crippen LogP contribution in [0.15, 0.2) is 47.5 Å². The molecule has 3 aliphatic rings. The Balaban J connectivity index is 1.30. The molecule has 0 bridgehead atoms. The van der Waals surface area contributed by atoms with Crippen LogP contribution in [0.5, 0.6) is 0 Å². The second kappa shape index (κ2) is 10.1. The van der Waals surface area contributed by atoms with Crippen LogP contribution in [0.3, 0.4) is 0 Å². The third-order valence-electron chi connectivity index (χ3n) is 7.80. The fraction of sp³-hybridized carbons (Fsp3) is 0.481. The van der Waals surface area contributed by atoms with Gasteiger partial charge in [-0.25, -0.2) is 17.9 Å². The zero-order chi connectivity index (χ0) is 25.4. The summed E-state index contributed by atoms with van der Waals surface area (Å²) < 4.78 is 29.4. The van der Waals surface area contributed by atoms with Gasteiger partial charge in [0.1, 0.15) is 5.82 Å². The molecule has 9 nitrogen and oxygen atoms in total. The van der Waals surface area contributed by atoms with Crippen LogP contribution in [-0.4, -0.2) is 52.5 Å². The van der Waals surface area contributed by atoms with Gasteiger partial charge in [-0.3, -0.25) is 0 Å². The number of sulfonamides is 1. The largest absolute Gasteiger partial charge is 0.366 e. The summed E-state index contributed by atoms with van der Waals surface area (Å²) in [5.41, 5.74) is 10.8. The molecule has 0 atom stereocenters. The van der Waals surface area contributed by atoms with E-state index in [1.807, 2.05) is 28.9 Å². The highest BCUT2D eigenvalue weighted by Crippen LogP contribution is 2.32. The molecule has 1 aromatic carbocycles. The predicted molar refractivity (Wildman–Crippen MR) is 146 cm³/mol. The van der Waals surface area contributed by atoms with Crippen LogP contribution in [-0.2, 0) is 10.0 Å². The molecular weight excluding hydrogens is 486 g/mol. The van der Waals surface area contributed by atoms with Crippen LogP contribution in [0.1, 0.15) is 63.5 Å². The number of anilines is 3. The van der Waals surface area contributed by atoms with Gasteiger partial charge >= 0.3 is 0 Å². The summed E-state index contributed by atoms with van der Waals surface area (Å²) in [5.74, 6) is 0.793. The van der Waals surface area contributed by atoms with E-state index in [9.17, 15) is 8.42 Å². The van der Waals surface area contributed by atoms with Crippen LogP contribution >= 0.6 is 0 Å². The monoisotopic (exact) mass is 521 g/mol. The quantitative estimate of drug-likeness (QED) is 0.419. The SMILES string of the molecule is NC1CCC(Nc2cc(Nc3ccc(S(=O)(=O)N4CCCC4)cc3)c3ncc(C4=CCCC4)n3n2)CC1. The molecule has 0 radical (unpaired) electrons. The second-order valence-corrected chi connectivity index (χ2v) is 12.4. The van der Waals surface area contributed by atoms with Gasteiger partial charge in [-0.05, 0) is 87.6 Å². The predicted octanol–water partition coefficient (Wildman–Crippen LogP) is 4.51. The Morgan fingerprint density at radius 2 is 1.76 bits per heavy atom. The van der Waals surface area contributed by atoms with Crippen molar-refractivity contribution in [1.82, 2.24) is 18.9 Å². The van der Waals surface area contributed by atoms with E-state index in [2.05, 4.69) is 16.7 Å². The summed E-state index contributed by atoms with van der Waals surface area (Å²) in [6, 6.07) is 9.62. The van der Waals surface area contributed by atoms with Gasteiger partial charge in [-0.15, -0.1) is 5.10 Å². The van der Waals surface area contributed by atoms with Crippen molar-refractivity contribution in [1.29, 1.82) is 0 Å². The van der Waals surface area contributed by atoms with Crippen LogP contribution in [0.2, 0.25) is 0 Å². The van der Waals surface area contributed by atoms with Crippen molar-refractivity contribution in [3.05, 3.63) is 48.3 Å². The highest BCUT2D eigenvalue weighted by atomic mass is 32.2. The Kier molecular flexibility index (Phi) is 6.64. The molecule has 6 rings (SSSR count). The van der Waals surface area contributed by atoms with Gasteiger partial charge in [0.2, 0.25) is 10.0 Å². The van der Waals surface area contributed by atoms with E-state index in [4.69, 9.17) is 15.8 Å². The summed E-state index contributed by atoms with van der Waals surface area (Å²) in [7, 11) is -3.44. The minimum Gasteiger partial charge on any atom is -0.366 e. The summed E-state index contributed by atoms with van der Waals surface area (Å²) in [6.45, 7) is 1.19. The number of benzene rings is 1. The summed E-state index contributed by atoms with van der Waals surface area (Å²) in [5, 5.41) is 12.0. The van der Waals surface area contributed by atoms with Crippen molar-refractivity contribution >= 4 is 38.4 Å². The Labute approximate surface area is 218 Å². The number of imidazole rings is 1. The molecule has 4 N–H and O–H groups in total. The van der Waals surface area contributed by atoms with Crippen LogP contribution in [0.25, 0.3) is 11.2 Å². The van der Waals surface area contributed by atoms with E-state index in [0.29, 0.717) is 24.0 Å². The number of fused-ring (bicyclic) bond motifs is 1. The minimum absolute atomic E-state index is 0.289. The number of hydrogen-bond acceptors (Lipinski definition) is 7. The standard InChI is InChI=1S/C27H35N7O2S/c28-20-7-9-22(10-8-20)31-26-17-24(27-29-18-25(34(27)32-26)19-5-1-2-6-19)30-21-11-13-23(14-12-21)37(35,36)33-15-3-4-16-33/h5,11-14,17-18,20,22,30H,1-4,6-10,15-16,28H2,(H,31,32). The maximum absolute atomic E-state index is 12.9. The van der Waals surface area contributed by atoms with E-state index in [1.54, 1.807) is 16.4 Å². The smallest absolute Gasteiger partial charge is 0.243 e. The first-order valence-corrected chi connectivity index (χ1v) is 14.9. The van der Waals surface area contributed by atoms with Crippen molar-refractivity contribution in [3.63, 3.8) is 0 Å². The van der Waals surface area contributed by atoms with E-state index in [1.165, 1.54) is 5.57 Å². The highest BCUT2D eigenvalue weighted by molar-refractivity contribution is 7.89. The maximum atomic E-state index is 12.9. The lowest BCUT2D eigenvalue weighted by Gasteiger charge is -2.27. The van der Waals surface area contributed by atoms with Gasteiger partial charge in [-0.2, -0.15) is 4.31 Å². The average Bonchev–Trinajstić information content (AvgIpc) is 3.67. The van der Waals surface area contributed by atoms with Gasteiger partial charge in [0.25, 0.3) is 0 Å². The van der Waals surface area contributed by atoms with Crippen LogP contribution in [0.4, 0.5) is 17.2 Å². The van der Waals surface area contributed by atoms with Gasteiger partial charge in [0.15, 0.2) is 5.65 Å². The maximum Gasteiger partial charge on any atom is 0.243 e. The lowest BCUT2D eigenvalue weighted by atomic mass is 9.92. The van der Waals surface area contributed by atoms with Crippen LogP contribution in [0, 0.1) is 0 Å². The topological polar surface area (TPSA) is 118 Å². The van der Waals surface area contributed by atoms with Crippen molar-refractivity contribution in [2.24, 2.45) is 5.73 Å². The van der Waals surface area contributed by atoms with Gasteiger partial charge in [0, 0.05) is 36.9 Å². The molecule has 0 spiro atoms. The van der Waals surface area contributed by atoms with Gasteiger partial charge < -0.3 is 16.4 Å². The third-order valence-corrected chi connectivity index (χ3v) is 9.71. The normalized spacial score (nSPS) is 22.9. The first-order valence-electron chi connectivity index (χ1n) is 13.4. The van der Waals surface area contributed by atoms with E-state index >= 15 is 0 Å². The van der Waals surface area contributed by atoms with Gasteiger partial charge in [0.05, 0.1) is 22.5 Å². The molecule has 1 aliphatic heterocycles. The fourth-order valence-corrected chi connectivity index (χ4v) is 7.19. The number of hydrogen-bond donors (Lipinski definition) is 3. The molecule has 3 heterocycles. The highest BCUT2D eigenvalue weighted by Gasteiger charge is 2.27. The molecule has 37 heavy (non-hydrogen) atoms. The molecule has 1 saturated heterocycles. The summed E-state index contributed by atoms with van der Waals surface area (Å²) in [4.78, 5) is 5.04. The molecule has 3 aromatic rings. The van der Waals surface area contributed by atoms with E-state index in [-0.39, 0.29) is 6.04 Å². The third kappa shape index (κ3) is 4.97. The van der Waals surface area contributed by atoms with Crippen LogP contribution < -0.4 is 16.4 Å². The molecule has 0 unspecified atom stereocenters. The molecule has 0 amide bonds. The Bertz CT molecular complexity index is 1400. The van der Waals surface area contributed by atoms with Crippen molar-refractivity contribution < 1.29 is 8.42 Å². The lowest BCUT2D eigenvalue weighted by Crippen LogP contribution is -2.33. The molecule has 2 fully saturated rings. The number of nitrogens with two attached hydrogens (primary N) is 1. The zero-order valence-electron chi connectivity index (χ0n) is 21.1. The number of allylic oxidation sites excluding steroid dienone is 2. The van der Waals surface area contributed by atoms with E-state index in [0.717, 1.165) is 86.3 Å². The molecule has 1 saturated carbocycles. The van der Waals surface area contributed by atoms with Gasteiger partial charge in [-0.1, -0.05) is 6.08 Å². The van der Waals surface area contributed by atoms with Crippen molar-refractivity contribution in [3.8, 4) is 0 Å². The molecule has 196 valence electrons. The summed E-state index contributed by atoms with van der Waals surface area (Å²) >= 11 is 0. The zero-order valence-corrected chi connectivity index (χ0v) is 21.9.